The van der Waals surface area contributed by atoms with Crippen molar-refractivity contribution in [2.45, 2.75) is 52.3 Å². The summed E-state index contributed by atoms with van der Waals surface area (Å²) in [7, 11) is 0. The van der Waals surface area contributed by atoms with E-state index in [-0.39, 0.29) is 6.04 Å². The van der Waals surface area contributed by atoms with Gasteiger partial charge in [0.1, 0.15) is 18.7 Å². The molecular formula is C16H24N4O. The second kappa shape index (κ2) is 7.78. The number of hydrogen-bond donors (Lipinski definition) is 1. The van der Waals surface area contributed by atoms with Crippen LogP contribution in [0.3, 0.4) is 0 Å². The highest BCUT2D eigenvalue weighted by Gasteiger charge is 2.09. The maximum absolute atomic E-state index is 6.05. The van der Waals surface area contributed by atoms with Gasteiger partial charge in [-0.3, -0.25) is 0 Å². The number of aromatic nitrogens is 3. The van der Waals surface area contributed by atoms with Crippen LogP contribution in [0, 0.1) is 0 Å². The third-order valence-electron chi connectivity index (χ3n) is 3.47. The molecule has 0 saturated carbocycles. The lowest BCUT2D eigenvalue weighted by Gasteiger charge is -2.14. The minimum Gasteiger partial charge on any atom is -0.485 e. The molecule has 114 valence electrons. The van der Waals surface area contributed by atoms with Gasteiger partial charge in [-0.2, -0.15) is 5.10 Å². The molecule has 0 radical (unpaired) electrons. The molecule has 21 heavy (non-hydrogen) atoms. The predicted octanol–water partition coefficient (Wildman–Crippen LogP) is 2.55. The summed E-state index contributed by atoms with van der Waals surface area (Å²) in [5.74, 6) is 1.74. The van der Waals surface area contributed by atoms with Crippen molar-refractivity contribution >= 4 is 0 Å². The molecule has 1 heterocycles. The Morgan fingerprint density at radius 1 is 1.29 bits per heavy atom. The third-order valence-corrected chi connectivity index (χ3v) is 3.47. The van der Waals surface area contributed by atoms with Crippen LogP contribution in [0.1, 0.15) is 38.1 Å². The molecule has 2 rings (SSSR count). The van der Waals surface area contributed by atoms with Gasteiger partial charge < -0.3 is 10.5 Å². The average Bonchev–Trinajstić information content (AvgIpc) is 2.94. The van der Waals surface area contributed by atoms with E-state index in [1.165, 1.54) is 0 Å². The molecule has 0 aliphatic rings. The molecule has 1 aromatic heterocycles. The van der Waals surface area contributed by atoms with Crippen molar-refractivity contribution in [1.29, 1.82) is 0 Å². The van der Waals surface area contributed by atoms with Crippen LogP contribution in [0.5, 0.6) is 5.75 Å². The molecule has 0 fully saturated rings. The molecule has 0 aliphatic heterocycles. The van der Waals surface area contributed by atoms with E-state index in [0.29, 0.717) is 6.61 Å². The highest BCUT2D eigenvalue weighted by molar-refractivity contribution is 5.34. The van der Waals surface area contributed by atoms with Crippen LogP contribution >= 0.6 is 0 Å². The number of hydrogen-bond acceptors (Lipinski definition) is 4. The first-order valence-corrected chi connectivity index (χ1v) is 7.57. The summed E-state index contributed by atoms with van der Waals surface area (Å²) in [4.78, 5) is 4.26. The zero-order chi connectivity index (χ0) is 15.1. The van der Waals surface area contributed by atoms with E-state index in [4.69, 9.17) is 10.5 Å². The Balaban J connectivity index is 2.04. The van der Waals surface area contributed by atoms with E-state index in [2.05, 4.69) is 30.0 Å². The van der Waals surface area contributed by atoms with Gasteiger partial charge in [-0.1, -0.05) is 32.0 Å². The molecule has 2 aromatic rings. The fourth-order valence-electron chi connectivity index (χ4n) is 2.18. The van der Waals surface area contributed by atoms with Gasteiger partial charge in [0, 0.05) is 12.6 Å². The van der Waals surface area contributed by atoms with Crippen molar-refractivity contribution in [2.24, 2.45) is 5.73 Å². The summed E-state index contributed by atoms with van der Waals surface area (Å²) in [6, 6.07) is 8.22. The normalized spacial score (nSPS) is 12.3. The number of para-hydroxylation sites is 1. The minimum absolute atomic E-state index is 0.165. The van der Waals surface area contributed by atoms with Crippen LogP contribution in [-0.2, 0) is 19.6 Å². The lowest BCUT2D eigenvalue weighted by Crippen LogP contribution is -2.21. The molecule has 5 nitrogen and oxygen atoms in total. The Kier molecular flexibility index (Phi) is 5.75. The van der Waals surface area contributed by atoms with Gasteiger partial charge in [0.15, 0.2) is 5.82 Å². The second-order valence-corrected chi connectivity index (χ2v) is 5.17. The average molecular weight is 288 g/mol. The van der Waals surface area contributed by atoms with Crippen molar-refractivity contribution in [1.82, 2.24) is 14.8 Å². The second-order valence-electron chi connectivity index (χ2n) is 5.17. The van der Waals surface area contributed by atoms with Gasteiger partial charge >= 0.3 is 0 Å². The van der Waals surface area contributed by atoms with Crippen molar-refractivity contribution in [3.05, 3.63) is 42.0 Å². The van der Waals surface area contributed by atoms with Gasteiger partial charge in [-0.25, -0.2) is 9.67 Å². The maximum Gasteiger partial charge on any atom is 0.164 e. The van der Waals surface area contributed by atoms with Crippen molar-refractivity contribution in [3.8, 4) is 5.75 Å². The fourth-order valence-corrected chi connectivity index (χ4v) is 2.18. The molecule has 1 aromatic carbocycles. The molecule has 0 aliphatic carbocycles. The molecule has 1 unspecified atom stereocenters. The van der Waals surface area contributed by atoms with Crippen LogP contribution < -0.4 is 10.5 Å². The standard InChI is InChI=1S/C16H24N4O/c1-3-9-20-16(18-12-19-20)11-21-15-8-6-5-7-13(15)10-14(17)4-2/h5-8,12,14H,3-4,9-11,17H2,1-2H3. The highest BCUT2D eigenvalue weighted by Crippen LogP contribution is 2.20. The number of rotatable bonds is 8. The Morgan fingerprint density at radius 2 is 2.10 bits per heavy atom. The Bertz CT molecular complexity index is 553. The Hall–Kier alpha value is -1.88. The smallest absolute Gasteiger partial charge is 0.164 e. The molecule has 5 heteroatoms. The lowest BCUT2D eigenvalue weighted by atomic mass is 10.0. The summed E-state index contributed by atoms with van der Waals surface area (Å²) in [6.45, 7) is 5.51. The molecule has 2 N–H and O–H groups in total. The fraction of sp³-hybridized carbons (Fsp3) is 0.500. The van der Waals surface area contributed by atoms with Gasteiger partial charge in [0.05, 0.1) is 0 Å². The highest BCUT2D eigenvalue weighted by atomic mass is 16.5. The molecule has 0 bridgehead atoms. The lowest BCUT2D eigenvalue weighted by molar-refractivity contribution is 0.282. The quantitative estimate of drug-likeness (QED) is 0.810. The van der Waals surface area contributed by atoms with Crippen LogP contribution in [0.25, 0.3) is 0 Å². The Morgan fingerprint density at radius 3 is 2.86 bits per heavy atom. The van der Waals surface area contributed by atoms with Crippen LogP contribution in [0.15, 0.2) is 30.6 Å². The van der Waals surface area contributed by atoms with E-state index >= 15 is 0 Å². The summed E-state index contributed by atoms with van der Waals surface area (Å²) in [5, 5.41) is 4.21. The zero-order valence-corrected chi connectivity index (χ0v) is 12.8. The van der Waals surface area contributed by atoms with Crippen LogP contribution in [-0.4, -0.2) is 20.8 Å². The van der Waals surface area contributed by atoms with E-state index in [1.54, 1.807) is 6.33 Å². The first-order valence-electron chi connectivity index (χ1n) is 7.57. The topological polar surface area (TPSA) is 66.0 Å². The van der Waals surface area contributed by atoms with Gasteiger partial charge in [0.25, 0.3) is 0 Å². The monoisotopic (exact) mass is 288 g/mol. The first kappa shape index (κ1) is 15.5. The molecule has 0 amide bonds. The maximum atomic E-state index is 6.05. The van der Waals surface area contributed by atoms with E-state index < -0.39 is 0 Å². The van der Waals surface area contributed by atoms with Gasteiger partial charge in [0.2, 0.25) is 0 Å². The van der Waals surface area contributed by atoms with Crippen LogP contribution in [0.4, 0.5) is 0 Å². The van der Waals surface area contributed by atoms with Gasteiger partial charge in [-0.15, -0.1) is 0 Å². The number of ether oxygens (including phenoxy) is 1. The van der Waals surface area contributed by atoms with Crippen molar-refractivity contribution in [3.63, 3.8) is 0 Å². The summed E-state index contributed by atoms with van der Waals surface area (Å²) >= 11 is 0. The summed E-state index contributed by atoms with van der Waals surface area (Å²) < 4.78 is 7.82. The van der Waals surface area contributed by atoms with Crippen molar-refractivity contribution < 1.29 is 4.74 Å². The summed E-state index contributed by atoms with van der Waals surface area (Å²) in [5.41, 5.74) is 7.19. The molecule has 0 saturated heterocycles. The molecule has 1 atom stereocenters. The predicted molar refractivity (Wildman–Crippen MR) is 83.1 cm³/mol. The number of aryl methyl sites for hydroxylation is 1. The summed E-state index contributed by atoms with van der Waals surface area (Å²) in [6.07, 6.45) is 4.39. The third kappa shape index (κ3) is 4.29. The SMILES string of the molecule is CCCn1ncnc1COc1ccccc1CC(N)CC. The minimum atomic E-state index is 0.165. The van der Waals surface area contributed by atoms with Gasteiger partial charge in [-0.05, 0) is 30.9 Å². The number of benzene rings is 1. The first-order chi connectivity index (χ1) is 10.2. The molecule has 0 spiro atoms. The van der Waals surface area contributed by atoms with E-state index in [1.807, 2.05) is 22.9 Å². The number of nitrogens with zero attached hydrogens (tertiary/aromatic N) is 3. The van der Waals surface area contributed by atoms with E-state index in [9.17, 15) is 0 Å². The zero-order valence-electron chi connectivity index (χ0n) is 12.8. The van der Waals surface area contributed by atoms with Crippen molar-refractivity contribution in [2.75, 3.05) is 0 Å². The number of nitrogens with two attached hydrogens (primary N) is 1. The largest absolute Gasteiger partial charge is 0.485 e. The Labute approximate surface area is 126 Å². The molecular weight excluding hydrogens is 264 g/mol. The van der Waals surface area contributed by atoms with E-state index in [0.717, 1.165) is 42.9 Å². The van der Waals surface area contributed by atoms with Crippen LogP contribution in [0.2, 0.25) is 0 Å².